The van der Waals surface area contributed by atoms with Crippen LogP contribution in [0.2, 0.25) is 0 Å². The Labute approximate surface area is 166 Å². The maximum absolute atomic E-state index is 12.7. The molecule has 1 N–H and O–H groups in total. The molecule has 1 fully saturated rings. The lowest BCUT2D eigenvalue weighted by Crippen LogP contribution is -2.34. The number of hydrogen-bond donors (Lipinski definition) is 1. The van der Waals surface area contributed by atoms with Crippen molar-refractivity contribution in [1.82, 2.24) is 9.55 Å². The van der Waals surface area contributed by atoms with E-state index in [1.165, 1.54) is 25.3 Å². The Morgan fingerprint density at radius 1 is 1.10 bits per heavy atom. The molecule has 7 heteroatoms. The Balaban J connectivity index is 1.88. The highest BCUT2D eigenvalue weighted by Gasteiger charge is 2.26. The van der Waals surface area contributed by atoms with Crippen molar-refractivity contribution in [2.24, 2.45) is 0 Å². The van der Waals surface area contributed by atoms with Gasteiger partial charge in [-0.15, -0.1) is 0 Å². The van der Waals surface area contributed by atoms with E-state index in [-0.39, 0.29) is 28.7 Å². The summed E-state index contributed by atoms with van der Waals surface area (Å²) in [6, 6.07) is 13.8. The van der Waals surface area contributed by atoms with Crippen molar-refractivity contribution in [1.29, 1.82) is 5.26 Å². The molecule has 7 nitrogen and oxygen atoms in total. The van der Waals surface area contributed by atoms with Gasteiger partial charge in [-0.05, 0) is 37.3 Å². The number of rotatable bonds is 5. The van der Waals surface area contributed by atoms with Crippen LogP contribution < -0.4 is 20.7 Å². The fourth-order valence-corrected chi connectivity index (χ4v) is 3.20. The number of methoxy groups -OCH3 is 1. The monoisotopic (exact) mass is 389 g/mol. The lowest BCUT2D eigenvalue weighted by atomic mass is 10.1. The van der Waals surface area contributed by atoms with Crippen LogP contribution in [0.3, 0.4) is 0 Å². The van der Waals surface area contributed by atoms with E-state index in [0.29, 0.717) is 11.4 Å². The van der Waals surface area contributed by atoms with Gasteiger partial charge in [-0.1, -0.05) is 18.2 Å². The molecule has 0 saturated heterocycles. The molecule has 0 radical (unpaired) electrons. The fourth-order valence-electron chi connectivity index (χ4n) is 3.20. The average Bonchev–Trinajstić information content (AvgIpc) is 3.54. The molecule has 0 unspecified atom stereocenters. The van der Waals surface area contributed by atoms with Gasteiger partial charge in [0.15, 0.2) is 0 Å². The van der Waals surface area contributed by atoms with Crippen LogP contribution in [0, 0.1) is 18.3 Å². The summed E-state index contributed by atoms with van der Waals surface area (Å²) in [5, 5.41) is 9.54. The predicted molar refractivity (Wildman–Crippen MR) is 107 cm³/mol. The van der Waals surface area contributed by atoms with E-state index in [2.05, 4.69) is 11.1 Å². The van der Waals surface area contributed by atoms with Crippen molar-refractivity contribution in [3.8, 4) is 29.0 Å². The first-order valence-electron chi connectivity index (χ1n) is 9.24. The largest absolute Gasteiger partial charge is 0.495 e. The molecule has 0 aliphatic heterocycles. The Bertz CT molecular complexity index is 1210. The number of aromatic amines is 1. The topological polar surface area (TPSA) is 97.1 Å². The van der Waals surface area contributed by atoms with Gasteiger partial charge in [0.05, 0.1) is 18.4 Å². The van der Waals surface area contributed by atoms with Gasteiger partial charge in [0, 0.05) is 23.9 Å². The van der Waals surface area contributed by atoms with Gasteiger partial charge in [0.1, 0.15) is 23.3 Å². The molecular formula is C22H19N3O4. The van der Waals surface area contributed by atoms with Crippen LogP contribution in [0.1, 0.15) is 35.6 Å². The zero-order valence-corrected chi connectivity index (χ0v) is 16.1. The van der Waals surface area contributed by atoms with E-state index in [0.717, 1.165) is 23.0 Å². The van der Waals surface area contributed by atoms with E-state index < -0.39 is 11.2 Å². The van der Waals surface area contributed by atoms with Crippen LogP contribution in [0.5, 0.6) is 17.2 Å². The third kappa shape index (κ3) is 3.52. The van der Waals surface area contributed by atoms with E-state index in [1.54, 1.807) is 6.07 Å². The number of nitrogens with zero attached hydrogens (tertiary/aromatic N) is 2. The maximum Gasteiger partial charge on any atom is 0.333 e. The van der Waals surface area contributed by atoms with Crippen LogP contribution in [0.15, 0.2) is 52.1 Å². The number of ether oxygens (including phenoxy) is 2. The first kappa shape index (κ1) is 18.6. The van der Waals surface area contributed by atoms with Crippen molar-refractivity contribution in [2.45, 2.75) is 25.7 Å². The zero-order chi connectivity index (χ0) is 20.5. The van der Waals surface area contributed by atoms with Crippen LogP contribution in [0.25, 0.3) is 5.69 Å². The molecule has 29 heavy (non-hydrogen) atoms. The minimum atomic E-state index is -0.552. The van der Waals surface area contributed by atoms with E-state index in [4.69, 9.17) is 9.47 Å². The number of nitriles is 1. The van der Waals surface area contributed by atoms with E-state index in [1.807, 2.05) is 25.1 Å². The highest BCUT2D eigenvalue weighted by Crippen LogP contribution is 2.38. The quantitative estimate of drug-likeness (QED) is 0.721. The highest BCUT2D eigenvalue weighted by molar-refractivity contribution is 5.59. The molecule has 1 aromatic heterocycles. The van der Waals surface area contributed by atoms with Crippen molar-refractivity contribution < 1.29 is 9.47 Å². The van der Waals surface area contributed by atoms with Crippen molar-refractivity contribution >= 4 is 0 Å². The first-order chi connectivity index (χ1) is 14.0. The van der Waals surface area contributed by atoms with Crippen LogP contribution in [0.4, 0.5) is 0 Å². The number of hydrogen-bond acceptors (Lipinski definition) is 5. The summed E-state index contributed by atoms with van der Waals surface area (Å²) in [4.78, 5) is 28.2. The lowest BCUT2D eigenvalue weighted by molar-refractivity contribution is 0.409. The predicted octanol–water partition coefficient (Wildman–Crippen LogP) is 3.38. The molecule has 3 aromatic rings. The van der Waals surface area contributed by atoms with Gasteiger partial charge < -0.3 is 14.5 Å². The summed E-state index contributed by atoms with van der Waals surface area (Å²) in [6.45, 7) is 1.89. The molecule has 1 aliphatic carbocycles. The summed E-state index contributed by atoms with van der Waals surface area (Å²) in [5.41, 5.74) is 0.971. The van der Waals surface area contributed by atoms with Gasteiger partial charge in [0.25, 0.3) is 5.56 Å². The number of nitrogens with one attached hydrogen (secondary N) is 1. The third-order valence-corrected chi connectivity index (χ3v) is 4.93. The second-order valence-electron chi connectivity index (χ2n) is 6.98. The fraction of sp³-hybridized carbons (Fsp3) is 0.227. The Morgan fingerprint density at radius 2 is 1.86 bits per heavy atom. The molecule has 0 amide bonds. The summed E-state index contributed by atoms with van der Waals surface area (Å²) in [6.07, 6.45) is 1.93. The number of benzene rings is 2. The molecule has 146 valence electrons. The summed E-state index contributed by atoms with van der Waals surface area (Å²) >= 11 is 0. The Morgan fingerprint density at radius 3 is 2.48 bits per heavy atom. The molecule has 0 bridgehead atoms. The molecule has 1 heterocycles. The zero-order valence-electron chi connectivity index (χ0n) is 16.1. The van der Waals surface area contributed by atoms with Crippen LogP contribution in [-0.4, -0.2) is 16.7 Å². The van der Waals surface area contributed by atoms with Gasteiger partial charge in [-0.25, -0.2) is 9.36 Å². The summed E-state index contributed by atoms with van der Waals surface area (Å²) < 4.78 is 12.3. The highest BCUT2D eigenvalue weighted by atomic mass is 16.5. The molecule has 4 rings (SSSR count). The second kappa shape index (κ2) is 7.32. The lowest BCUT2D eigenvalue weighted by Gasteiger charge is -2.15. The first-order valence-corrected chi connectivity index (χ1v) is 9.24. The molecule has 0 spiro atoms. The van der Waals surface area contributed by atoms with Gasteiger partial charge in [0.2, 0.25) is 0 Å². The Kier molecular flexibility index (Phi) is 4.69. The number of aromatic nitrogens is 2. The maximum atomic E-state index is 12.7. The molecular weight excluding hydrogens is 370 g/mol. The van der Waals surface area contributed by atoms with Crippen LogP contribution in [-0.2, 0) is 0 Å². The third-order valence-electron chi connectivity index (χ3n) is 4.93. The van der Waals surface area contributed by atoms with E-state index >= 15 is 0 Å². The van der Waals surface area contributed by atoms with Crippen molar-refractivity contribution in [3.05, 3.63) is 80.1 Å². The van der Waals surface area contributed by atoms with Gasteiger partial charge in [-0.2, -0.15) is 5.26 Å². The summed E-state index contributed by atoms with van der Waals surface area (Å²) in [5.74, 6) is 1.28. The smallest absolute Gasteiger partial charge is 0.333 e. The standard InChI is InChI=1S/C22H19N3O4/c1-13-5-3-4-6-18(13)29-19-11-17(20(28-2)9-15(19)12-23)25-21(26)10-16(14-7-8-14)24-22(25)27/h3-6,9-11,14H,7-8H2,1-2H3,(H,24,27). The van der Waals surface area contributed by atoms with Crippen molar-refractivity contribution in [3.63, 3.8) is 0 Å². The molecule has 1 aliphatic rings. The molecule has 0 atom stereocenters. The second-order valence-corrected chi connectivity index (χ2v) is 6.98. The molecule has 1 saturated carbocycles. The number of H-pyrrole nitrogens is 1. The number of para-hydroxylation sites is 1. The minimum absolute atomic E-state index is 0.212. The SMILES string of the molecule is COc1cc(C#N)c(Oc2ccccc2C)cc1-n1c(=O)cc(C2CC2)[nH]c1=O. The Hall–Kier alpha value is -3.79. The number of aryl methyl sites for hydroxylation is 1. The van der Waals surface area contributed by atoms with E-state index in [9.17, 15) is 14.9 Å². The molecule has 2 aromatic carbocycles. The normalized spacial score (nSPS) is 13.0. The minimum Gasteiger partial charge on any atom is -0.495 e. The van der Waals surface area contributed by atoms with Crippen LogP contribution >= 0.6 is 0 Å². The van der Waals surface area contributed by atoms with Gasteiger partial charge in [-0.3, -0.25) is 4.79 Å². The average molecular weight is 389 g/mol. The van der Waals surface area contributed by atoms with Crippen molar-refractivity contribution in [2.75, 3.05) is 7.11 Å². The summed E-state index contributed by atoms with van der Waals surface area (Å²) in [7, 11) is 1.42. The van der Waals surface area contributed by atoms with Gasteiger partial charge >= 0.3 is 5.69 Å².